The highest BCUT2D eigenvalue weighted by Crippen LogP contribution is 2.21. The lowest BCUT2D eigenvalue weighted by Gasteiger charge is -2.11. The molecule has 0 aliphatic rings. The molecule has 0 aliphatic heterocycles. The van der Waals surface area contributed by atoms with Crippen molar-refractivity contribution in [2.75, 3.05) is 19.0 Å². The number of ether oxygens (including phenoxy) is 2. The Morgan fingerprint density at radius 3 is 2.56 bits per heavy atom. The van der Waals surface area contributed by atoms with Crippen molar-refractivity contribution in [1.29, 1.82) is 0 Å². The number of hydrogen-bond donors (Lipinski definition) is 1. The molecule has 0 radical (unpaired) electrons. The predicted octanol–water partition coefficient (Wildman–Crippen LogP) is 3.34. The number of aryl methyl sites for hydroxylation is 2. The third-order valence-electron chi connectivity index (χ3n) is 4.01. The van der Waals surface area contributed by atoms with Crippen molar-refractivity contribution in [2.24, 2.45) is 0 Å². The first-order chi connectivity index (χ1) is 11.9. The number of methoxy groups -OCH3 is 1. The van der Waals surface area contributed by atoms with E-state index in [1.807, 2.05) is 57.2 Å². The molecular formula is C20H23NO4. The van der Waals surface area contributed by atoms with Gasteiger partial charge in [0.1, 0.15) is 5.75 Å². The van der Waals surface area contributed by atoms with Crippen LogP contribution in [-0.4, -0.2) is 25.6 Å². The second kappa shape index (κ2) is 8.33. The van der Waals surface area contributed by atoms with Crippen LogP contribution in [-0.2, 0) is 20.7 Å². The molecule has 0 aliphatic carbocycles. The predicted molar refractivity (Wildman–Crippen MR) is 96.9 cm³/mol. The number of carbonyl (C=O) groups is 2. The van der Waals surface area contributed by atoms with Gasteiger partial charge in [-0.1, -0.05) is 29.8 Å². The van der Waals surface area contributed by atoms with Gasteiger partial charge < -0.3 is 14.8 Å². The third-order valence-corrected chi connectivity index (χ3v) is 4.01. The highest BCUT2D eigenvalue weighted by Gasteiger charge is 2.13. The lowest BCUT2D eigenvalue weighted by Crippen LogP contribution is -2.22. The second-order valence-corrected chi connectivity index (χ2v) is 5.95. The van der Waals surface area contributed by atoms with Gasteiger partial charge in [-0.15, -0.1) is 0 Å². The fourth-order valence-corrected chi connectivity index (χ4v) is 2.47. The third kappa shape index (κ3) is 5.08. The summed E-state index contributed by atoms with van der Waals surface area (Å²) in [5.41, 5.74) is 4.56. The molecule has 1 N–H and O–H groups in total. The minimum atomic E-state index is -0.472. The topological polar surface area (TPSA) is 64.6 Å². The van der Waals surface area contributed by atoms with Crippen molar-refractivity contribution < 1.29 is 19.1 Å². The number of hydrogen-bond acceptors (Lipinski definition) is 4. The van der Waals surface area contributed by atoms with Gasteiger partial charge in [-0.05, 0) is 44.0 Å². The van der Waals surface area contributed by atoms with Crippen molar-refractivity contribution >= 4 is 17.6 Å². The molecule has 0 saturated carbocycles. The van der Waals surface area contributed by atoms with Crippen LogP contribution in [0.3, 0.4) is 0 Å². The van der Waals surface area contributed by atoms with Crippen LogP contribution in [0.25, 0.3) is 0 Å². The van der Waals surface area contributed by atoms with Crippen LogP contribution in [0.4, 0.5) is 5.69 Å². The summed E-state index contributed by atoms with van der Waals surface area (Å²) in [5, 5.41) is 2.76. The molecule has 5 heteroatoms. The van der Waals surface area contributed by atoms with Crippen LogP contribution in [0.15, 0.2) is 36.4 Å². The monoisotopic (exact) mass is 341 g/mol. The first-order valence-electron chi connectivity index (χ1n) is 8.06. The largest absolute Gasteiger partial charge is 0.496 e. The molecule has 2 aromatic carbocycles. The lowest BCUT2D eigenvalue weighted by molar-refractivity contribution is -0.146. The first-order valence-corrected chi connectivity index (χ1v) is 8.06. The smallest absolute Gasteiger partial charge is 0.310 e. The maximum absolute atomic E-state index is 12.0. The summed E-state index contributed by atoms with van der Waals surface area (Å²) in [4.78, 5) is 24.0. The molecule has 0 aromatic heterocycles. The number of nitrogens with one attached hydrogen (secondary N) is 1. The molecule has 0 spiro atoms. The van der Waals surface area contributed by atoms with Crippen LogP contribution in [0.1, 0.15) is 22.3 Å². The van der Waals surface area contributed by atoms with Crippen molar-refractivity contribution in [3.05, 3.63) is 58.7 Å². The SMILES string of the molecule is COc1ccc(C)cc1CC(=O)OCC(=O)Nc1cccc(C)c1C. The van der Waals surface area contributed by atoms with Crippen LogP contribution < -0.4 is 10.1 Å². The van der Waals surface area contributed by atoms with E-state index < -0.39 is 5.97 Å². The molecule has 2 aromatic rings. The molecule has 0 atom stereocenters. The quantitative estimate of drug-likeness (QED) is 0.819. The van der Waals surface area contributed by atoms with E-state index in [2.05, 4.69) is 5.32 Å². The Kier molecular flexibility index (Phi) is 6.17. The van der Waals surface area contributed by atoms with Crippen LogP contribution in [0, 0.1) is 20.8 Å². The summed E-state index contributed by atoms with van der Waals surface area (Å²) in [5.74, 6) is -0.208. The Balaban J connectivity index is 1.90. The molecule has 0 unspecified atom stereocenters. The van der Waals surface area contributed by atoms with Gasteiger partial charge in [0.15, 0.2) is 6.61 Å². The highest BCUT2D eigenvalue weighted by molar-refractivity contribution is 5.93. The van der Waals surface area contributed by atoms with E-state index in [-0.39, 0.29) is 18.9 Å². The number of carbonyl (C=O) groups excluding carboxylic acids is 2. The van der Waals surface area contributed by atoms with Gasteiger partial charge in [0.2, 0.25) is 0 Å². The van der Waals surface area contributed by atoms with E-state index in [1.54, 1.807) is 7.11 Å². The molecule has 0 fully saturated rings. The molecule has 5 nitrogen and oxygen atoms in total. The van der Waals surface area contributed by atoms with Gasteiger partial charge in [-0.3, -0.25) is 9.59 Å². The van der Waals surface area contributed by atoms with E-state index in [0.29, 0.717) is 5.75 Å². The zero-order valence-electron chi connectivity index (χ0n) is 15.0. The minimum absolute atomic E-state index is 0.0571. The maximum atomic E-state index is 12.0. The molecule has 25 heavy (non-hydrogen) atoms. The Bertz CT molecular complexity index is 783. The van der Waals surface area contributed by atoms with Crippen LogP contribution in [0.2, 0.25) is 0 Å². The average molecular weight is 341 g/mol. The minimum Gasteiger partial charge on any atom is -0.496 e. The zero-order valence-corrected chi connectivity index (χ0v) is 15.0. The molecule has 0 heterocycles. The van der Waals surface area contributed by atoms with Gasteiger partial charge in [0.05, 0.1) is 13.5 Å². The van der Waals surface area contributed by atoms with Gasteiger partial charge in [0, 0.05) is 11.3 Å². The Labute approximate surface area is 148 Å². The van der Waals surface area contributed by atoms with E-state index in [4.69, 9.17) is 9.47 Å². The zero-order chi connectivity index (χ0) is 18.4. The number of anilines is 1. The van der Waals surface area contributed by atoms with E-state index in [0.717, 1.165) is 27.9 Å². The number of amides is 1. The number of esters is 1. The maximum Gasteiger partial charge on any atom is 0.310 e. The standard InChI is InChI=1S/C20H23NO4/c1-13-8-9-18(24-4)16(10-13)11-20(23)25-12-19(22)21-17-7-5-6-14(2)15(17)3/h5-10H,11-12H2,1-4H3,(H,21,22). The van der Waals surface area contributed by atoms with Crippen LogP contribution >= 0.6 is 0 Å². The van der Waals surface area contributed by atoms with E-state index >= 15 is 0 Å². The molecule has 0 bridgehead atoms. The summed E-state index contributed by atoms with van der Waals surface area (Å²) in [6, 6.07) is 11.3. The number of benzene rings is 2. The van der Waals surface area contributed by atoms with Crippen LogP contribution in [0.5, 0.6) is 5.75 Å². The average Bonchev–Trinajstić information content (AvgIpc) is 2.57. The van der Waals surface area contributed by atoms with Crippen molar-refractivity contribution in [1.82, 2.24) is 0 Å². The van der Waals surface area contributed by atoms with Gasteiger partial charge in [-0.2, -0.15) is 0 Å². The van der Waals surface area contributed by atoms with Gasteiger partial charge in [-0.25, -0.2) is 0 Å². The summed E-state index contributed by atoms with van der Waals surface area (Å²) in [7, 11) is 1.55. The fraction of sp³-hybridized carbons (Fsp3) is 0.300. The van der Waals surface area contributed by atoms with Crippen molar-refractivity contribution in [3.8, 4) is 5.75 Å². The summed E-state index contributed by atoms with van der Waals surface area (Å²) < 4.78 is 10.3. The Hall–Kier alpha value is -2.82. The normalized spacial score (nSPS) is 10.2. The Morgan fingerprint density at radius 1 is 1.08 bits per heavy atom. The van der Waals surface area contributed by atoms with Gasteiger partial charge in [0.25, 0.3) is 5.91 Å². The van der Waals surface area contributed by atoms with Crippen molar-refractivity contribution in [3.63, 3.8) is 0 Å². The summed E-state index contributed by atoms with van der Waals surface area (Å²) in [6.07, 6.45) is 0.0571. The van der Waals surface area contributed by atoms with E-state index in [1.165, 1.54) is 0 Å². The van der Waals surface area contributed by atoms with E-state index in [9.17, 15) is 9.59 Å². The lowest BCUT2D eigenvalue weighted by atomic mass is 10.1. The molecule has 2 rings (SSSR count). The molecule has 1 amide bonds. The summed E-state index contributed by atoms with van der Waals surface area (Å²) >= 11 is 0. The van der Waals surface area contributed by atoms with Crippen molar-refractivity contribution in [2.45, 2.75) is 27.2 Å². The van der Waals surface area contributed by atoms with Gasteiger partial charge >= 0.3 is 5.97 Å². The molecule has 0 saturated heterocycles. The highest BCUT2D eigenvalue weighted by atomic mass is 16.5. The molecule has 132 valence electrons. The summed E-state index contributed by atoms with van der Waals surface area (Å²) in [6.45, 7) is 5.52. The Morgan fingerprint density at radius 2 is 1.84 bits per heavy atom. The fourth-order valence-electron chi connectivity index (χ4n) is 2.47. The molecular weight excluding hydrogens is 318 g/mol. The second-order valence-electron chi connectivity index (χ2n) is 5.95. The number of rotatable bonds is 6. The first kappa shape index (κ1) is 18.5.